The Morgan fingerprint density at radius 2 is 1.66 bits per heavy atom. The highest BCUT2D eigenvalue weighted by atomic mass is 19.4. The molecule has 3 aliphatic rings. The number of alkyl halides is 3. The molecule has 0 aliphatic carbocycles. The molecule has 0 unspecified atom stereocenters. The fourth-order valence-electron chi connectivity index (χ4n) is 9.64. The number of cyclic esters (lactones) is 1. The Labute approximate surface area is 412 Å². The number of nitrogens with one attached hydrogen (secondary N) is 2. The van der Waals surface area contributed by atoms with Crippen molar-refractivity contribution in [1.82, 2.24) is 30.2 Å². The summed E-state index contributed by atoms with van der Waals surface area (Å²) in [6, 6.07) is 22.4. The predicted molar refractivity (Wildman–Crippen MR) is 264 cm³/mol. The Morgan fingerprint density at radius 3 is 2.37 bits per heavy atom. The number of rotatable bonds is 7. The van der Waals surface area contributed by atoms with E-state index >= 15 is 13.2 Å². The lowest BCUT2D eigenvalue weighted by Crippen LogP contribution is -2.60. The lowest BCUT2D eigenvalue weighted by atomic mass is 9.83. The number of fused-ring (bicyclic) bond motifs is 6. The van der Waals surface area contributed by atoms with Crippen LogP contribution in [0.3, 0.4) is 0 Å². The van der Waals surface area contributed by atoms with Crippen LogP contribution >= 0.6 is 0 Å². The number of carbonyl (C=O) groups excluding carboxylic acids is 4. The number of esters is 1. The molecule has 8 rings (SSSR count). The van der Waals surface area contributed by atoms with Crippen LogP contribution in [0.15, 0.2) is 85.1 Å². The first-order chi connectivity index (χ1) is 33.6. The van der Waals surface area contributed by atoms with E-state index in [0.717, 1.165) is 16.7 Å². The first kappa shape index (κ1) is 50.8. The van der Waals surface area contributed by atoms with Gasteiger partial charge in [0.2, 0.25) is 0 Å². The normalized spacial score (nSPS) is 19.1. The van der Waals surface area contributed by atoms with Crippen LogP contribution in [0.5, 0.6) is 0 Å². The van der Waals surface area contributed by atoms with Gasteiger partial charge in [-0.25, -0.2) is 15.0 Å². The zero-order chi connectivity index (χ0) is 50.8. The lowest BCUT2D eigenvalue weighted by Gasteiger charge is -2.36. The second-order valence-electron chi connectivity index (χ2n) is 20.9. The first-order valence-corrected chi connectivity index (χ1v) is 24.4. The van der Waals surface area contributed by atoms with E-state index < -0.39 is 59.9 Å². The van der Waals surface area contributed by atoms with Crippen LogP contribution in [-0.4, -0.2) is 107 Å². The fraction of sp³-hybridized carbons (Fsp3) is 0.463. The van der Waals surface area contributed by atoms with E-state index in [-0.39, 0.29) is 38.5 Å². The summed E-state index contributed by atoms with van der Waals surface area (Å²) in [4.78, 5) is 63.2. The van der Waals surface area contributed by atoms with Gasteiger partial charge < -0.3 is 33.9 Å². The fourth-order valence-corrected chi connectivity index (χ4v) is 9.64. The average molecular weight is 980 g/mol. The molecule has 2 atom stereocenters. The summed E-state index contributed by atoms with van der Waals surface area (Å²) < 4.78 is 63.7. The Balaban J connectivity index is 1.22. The molecule has 2 saturated heterocycles. The number of anilines is 1. The number of amides is 3. The summed E-state index contributed by atoms with van der Waals surface area (Å²) >= 11 is 0. The maximum Gasteiger partial charge on any atom is 0.410 e. The maximum atomic E-state index is 15.1. The molecular weight excluding hydrogens is 916 g/mol. The quantitative estimate of drug-likeness (QED) is 0.119. The van der Waals surface area contributed by atoms with Crippen molar-refractivity contribution >= 4 is 40.7 Å². The minimum absolute atomic E-state index is 0.0711. The van der Waals surface area contributed by atoms with E-state index in [2.05, 4.69) is 15.6 Å². The monoisotopic (exact) mass is 979 g/mol. The van der Waals surface area contributed by atoms with Crippen LogP contribution < -0.4 is 15.6 Å². The Bertz CT molecular complexity index is 2760. The van der Waals surface area contributed by atoms with Crippen molar-refractivity contribution in [2.45, 2.75) is 117 Å². The van der Waals surface area contributed by atoms with Crippen LogP contribution in [0, 0.1) is 5.41 Å². The van der Waals surface area contributed by atoms with Crippen molar-refractivity contribution in [3.8, 4) is 22.4 Å². The van der Waals surface area contributed by atoms with Crippen LogP contribution in [0.4, 0.5) is 28.4 Å². The number of hydrogen-bond donors (Lipinski definition) is 2. The number of carbonyl (C=O) groups is 4. The summed E-state index contributed by atoms with van der Waals surface area (Å²) in [5.74, 6) is -1.22. The topological polar surface area (TPSA) is 148 Å². The summed E-state index contributed by atoms with van der Waals surface area (Å²) in [5.41, 5.74) is 7.74. The summed E-state index contributed by atoms with van der Waals surface area (Å²) in [5, 5.41) is 4.72. The lowest BCUT2D eigenvalue weighted by molar-refractivity contribution is -0.155. The first-order valence-electron chi connectivity index (χ1n) is 24.4. The van der Waals surface area contributed by atoms with E-state index in [0.29, 0.717) is 83.7 Å². The Morgan fingerprint density at radius 1 is 0.930 bits per heavy atom. The standard InChI is InChI=1S/C54H64F3N7O7/c1-34(2)46-41(28-39(30-58-46)61-21-23-62(24-22-61)51(68)69-31-35-13-9-8-10-14-35)47-42-29-53(6,7)33-70-49(66)43-17-12-20-64(60-43)48(65)44(59-50(67)71-52(3,4)5)26-36-15-11-16-37(25-36)38-18-19-45(40(42)27-38)63(47)32-54(55,56)57/h8-11,13-16,18-19,25,27-28,30,34,43-44,60H,12,17,20-24,26,29,31-33H2,1-7H3,(H,59,67)/t43-,44-/m0/s1. The maximum absolute atomic E-state index is 15.1. The van der Waals surface area contributed by atoms with Crippen LogP contribution in [0.2, 0.25) is 0 Å². The average Bonchev–Trinajstić information content (AvgIpc) is 3.60. The molecule has 14 nitrogen and oxygen atoms in total. The highest BCUT2D eigenvalue weighted by molar-refractivity contribution is 5.96. The third-order valence-corrected chi connectivity index (χ3v) is 13.0. The van der Waals surface area contributed by atoms with Gasteiger partial charge in [-0.15, -0.1) is 0 Å². The van der Waals surface area contributed by atoms with Gasteiger partial charge >= 0.3 is 24.3 Å². The molecule has 71 heavy (non-hydrogen) atoms. The van der Waals surface area contributed by atoms with Gasteiger partial charge in [0.05, 0.1) is 29.9 Å². The molecule has 0 radical (unpaired) electrons. The third kappa shape index (κ3) is 12.3. The largest absolute Gasteiger partial charge is 0.464 e. The van der Waals surface area contributed by atoms with Crippen molar-refractivity contribution in [3.05, 3.63) is 107 Å². The molecule has 17 heteroatoms. The van der Waals surface area contributed by atoms with E-state index in [1.54, 1.807) is 44.0 Å². The number of nitrogens with zero attached hydrogens (tertiary/aromatic N) is 5. The van der Waals surface area contributed by atoms with Crippen LogP contribution in [0.1, 0.15) is 89.6 Å². The molecule has 5 aromatic rings. The minimum atomic E-state index is -4.61. The zero-order valence-corrected chi connectivity index (χ0v) is 41.5. The third-order valence-electron chi connectivity index (χ3n) is 13.0. The van der Waals surface area contributed by atoms with Gasteiger partial charge in [0.1, 0.15) is 30.8 Å². The predicted octanol–water partition coefficient (Wildman–Crippen LogP) is 9.57. The molecule has 5 heterocycles. The second-order valence-corrected chi connectivity index (χ2v) is 20.9. The molecule has 2 fully saturated rings. The highest BCUT2D eigenvalue weighted by Crippen LogP contribution is 2.44. The molecule has 3 aliphatic heterocycles. The molecular formula is C54H64F3N7O7. The van der Waals surface area contributed by atoms with Crippen molar-refractivity contribution in [2.75, 3.05) is 44.2 Å². The minimum Gasteiger partial charge on any atom is -0.464 e. The number of halogens is 3. The van der Waals surface area contributed by atoms with Gasteiger partial charge in [0, 0.05) is 61.0 Å². The van der Waals surface area contributed by atoms with E-state index in [9.17, 15) is 19.2 Å². The smallest absolute Gasteiger partial charge is 0.410 e. The molecule has 0 spiro atoms. The highest BCUT2D eigenvalue weighted by Gasteiger charge is 2.38. The summed E-state index contributed by atoms with van der Waals surface area (Å²) in [7, 11) is 0. The van der Waals surface area contributed by atoms with Crippen molar-refractivity contribution in [3.63, 3.8) is 0 Å². The van der Waals surface area contributed by atoms with Crippen molar-refractivity contribution in [2.24, 2.45) is 5.41 Å². The number of benzene rings is 3. The van der Waals surface area contributed by atoms with Gasteiger partial charge in [-0.3, -0.25) is 19.6 Å². The zero-order valence-electron chi connectivity index (χ0n) is 41.5. The number of alkyl carbamates (subject to hydrolysis) is 1. The molecule has 2 N–H and O–H groups in total. The van der Waals surface area contributed by atoms with E-state index in [1.165, 1.54) is 9.58 Å². The number of piperazine rings is 1. The molecule has 3 aromatic carbocycles. The summed E-state index contributed by atoms with van der Waals surface area (Å²) in [6.07, 6.45) is -2.89. The number of hydrazine groups is 1. The van der Waals surface area contributed by atoms with Gasteiger partial charge in [-0.2, -0.15) is 13.2 Å². The second kappa shape index (κ2) is 20.6. The van der Waals surface area contributed by atoms with E-state index in [1.807, 2.05) is 94.4 Å². The van der Waals surface area contributed by atoms with Crippen LogP contribution in [-0.2, 0) is 49.8 Å². The molecule has 0 saturated carbocycles. The van der Waals surface area contributed by atoms with Crippen molar-refractivity contribution in [1.29, 1.82) is 0 Å². The molecule has 2 aromatic heterocycles. The van der Waals surface area contributed by atoms with Gasteiger partial charge in [-0.1, -0.05) is 88.4 Å². The molecule has 3 amide bonds. The molecule has 378 valence electrons. The number of ether oxygens (including phenoxy) is 3. The molecule has 6 bridgehead atoms. The number of hydrogen-bond acceptors (Lipinski definition) is 10. The Hall–Kier alpha value is -6.62. The number of pyridine rings is 1. The Kier molecular flexibility index (Phi) is 14.7. The van der Waals surface area contributed by atoms with Gasteiger partial charge in [0.15, 0.2) is 0 Å². The number of aromatic nitrogens is 2. The van der Waals surface area contributed by atoms with Gasteiger partial charge in [-0.05, 0) is 92.0 Å². The van der Waals surface area contributed by atoms with E-state index in [4.69, 9.17) is 19.2 Å². The summed E-state index contributed by atoms with van der Waals surface area (Å²) in [6.45, 7) is 13.7. The SMILES string of the molecule is CC(C)c1ncc(N2CCN(C(=O)OCc3ccccc3)CC2)cc1-c1c2c3cc(ccc3n1CC(F)(F)F)-c1cccc(c1)C[C@H](NC(=O)OC(C)(C)C)C(=O)N1CCC[C@H](N1)C(=O)OCC(C)(C)C2. The van der Waals surface area contributed by atoms with Crippen LogP contribution in [0.25, 0.3) is 33.3 Å². The van der Waals surface area contributed by atoms with Crippen molar-refractivity contribution < 1.29 is 46.6 Å². The van der Waals surface area contributed by atoms with Gasteiger partial charge in [0.25, 0.3) is 5.91 Å².